The van der Waals surface area contributed by atoms with Gasteiger partial charge in [0.1, 0.15) is 0 Å². The van der Waals surface area contributed by atoms with Crippen molar-refractivity contribution in [3.05, 3.63) is 28.2 Å². The highest BCUT2D eigenvalue weighted by Crippen LogP contribution is 2.21. The Kier molecular flexibility index (Phi) is 4.93. The maximum Gasteiger partial charge on any atom is 0.299 e. The molecule has 0 atom stereocenters. The Morgan fingerprint density at radius 1 is 1.56 bits per heavy atom. The number of nitrogens with two attached hydrogens (primary N) is 1. The molecule has 0 unspecified atom stereocenters. The molecule has 0 aliphatic carbocycles. The SMILES string of the molecule is CCNS(=O)(=O)Nc1ccc(Br)cc1/C(N)=N/O. The summed E-state index contributed by atoms with van der Waals surface area (Å²) in [6.07, 6.45) is 0. The summed E-state index contributed by atoms with van der Waals surface area (Å²) in [4.78, 5) is 0. The van der Waals surface area contributed by atoms with Crippen LogP contribution in [0.15, 0.2) is 27.8 Å². The summed E-state index contributed by atoms with van der Waals surface area (Å²) in [5.41, 5.74) is 5.97. The van der Waals surface area contributed by atoms with Crippen molar-refractivity contribution in [3.63, 3.8) is 0 Å². The van der Waals surface area contributed by atoms with Gasteiger partial charge in [0, 0.05) is 16.6 Å². The summed E-state index contributed by atoms with van der Waals surface area (Å²) in [5, 5.41) is 11.5. The van der Waals surface area contributed by atoms with Crippen LogP contribution in [0.4, 0.5) is 5.69 Å². The third-order valence-corrected chi connectivity index (χ3v) is 3.59. The summed E-state index contributed by atoms with van der Waals surface area (Å²) >= 11 is 3.22. The molecule has 0 saturated carbocycles. The molecule has 0 aromatic heterocycles. The van der Waals surface area contributed by atoms with Gasteiger partial charge >= 0.3 is 0 Å². The van der Waals surface area contributed by atoms with Crippen LogP contribution in [0.25, 0.3) is 0 Å². The van der Waals surface area contributed by atoms with E-state index in [1.807, 2.05) is 0 Å². The molecule has 7 nitrogen and oxygen atoms in total. The zero-order valence-electron chi connectivity index (χ0n) is 9.51. The van der Waals surface area contributed by atoms with Gasteiger partial charge in [-0.15, -0.1) is 0 Å². The largest absolute Gasteiger partial charge is 0.409 e. The van der Waals surface area contributed by atoms with E-state index < -0.39 is 10.2 Å². The fraction of sp³-hybridized carbons (Fsp3) is 0.222. The minimum Gasteiger partial charge on any atom is -0.409 e. The third-order valence-electron chi connectivity index (χ3n) is 1.94. The molecule has 18 heavy (non-hydrogen) atoms. The summed E-state index contributed by atoms with van der Waals surface area (Å²) < 4.78 is 28.4. The van der Waals surface area contributed by atoms with Crippen molar-refractivity contribution < 1.29 is 13.6 Å². The van der Waals surface area contributed by atoms with Crippen molar-refractivity contribution >= 4 is 37.7 Å². The molecule has 0 spiro atoms. The van der Waals surface area contributed by atoms with Crippen LogP contribution < -0.4 is 15.2 Å². The molecule has 1 rings (SSSR count). The fourth-order valence-corrected chi connectivity index (χ4v) is 2.52. The molecule has 0 saturated heterocycles. The summed E-state index contributed by atoms with van der Waals surface area (Å²) in [6, 6.07) is 4.68. The van der Waals surface area contributed by atoms with Crippen LogP contribution >= 0.6 is 15.9 Å². The average Bonchev–Trinajstić information content (AvgIpc) is 2.30. The third kappa shape index (κ3) is 3.86. The summed E-state index contributed by atoms with van der Waals surface area (Å²) in [5.74, 6) is -0.189. The van der Waals surface area contributed by atoms with Gasteiger partial charge in [0.25, 0.3) is 10.2 Å². The lowest BCUT2D eigenvalue weighted by atomic mass is 10.2. The van der Waals surface area contributed by atoms with Gasteiger partial charge in [-0.3, -0.25) is 4.72 Å². The number of nitrogens with one attached hydrogen (secondary N) is 2. The number of hydrogen-bond donors (Lipinski definition) is 4. The Balaban J connectivity index is 3.17. The second-order valence-electron chi connectivity index (χ2n) is 3.28. The molecule has 5 N–H and O–H groups in total. The van der Waals surface area contributed by atoms with Crippen LogP contribution in [0.2, 0.25) is 0 Å². The molecule has 1 aromatic rings. The highest BCUT2D eigenvalue weighted by atomic mass is 79.9. The zero-order chi connectivity index (χ0) is 13.8. The fourth-order valence-electron chi connectivity index (χ4n) is 1.24. The topological polar surface area (TPSA) is 117 Å². The van der Waals surface area contributed by atoms with E-state index >= 15 is 0 Å². The first-order chi connectivity index (χ1) is 8.39. The predicted octanol–water partition coefficient (Wildman–Crippen LogP) is 0.810. The quantitative estimate of drug-likeness (QED) is 0.275. The van der Waals surface area contributed by atoms with Crippen molar-refractivity contribution in [2.24, 2.45) is 10.9 Å². The number of rotatable bonds is 5. The van der Waals surface area contributed by atoms with E-state index in [0.29, 0.717) is 4.47 Å². The normalized spacial score (nSPS) is 12.4. The van der Waals surface area contributed by atoms with Crippen LogP contribution in [0.5, 0.6) is 0 Å². The molecule has 1 aromatic carbocycles. The van der Waals surface area contributed by atoms with Crippen molar-refractivity contribution in [2.75, 3.05) is 11.3 Å². The van der Waals surface area contributed by atoms with Crippen molar-refractivity contribution in [1.82, 2.24) is 4.72 Å². The number of oxime groups is 1. The van der Waals surface area contributed by atoms with Crippen molar-refractivity contribution in [2.45, 2.75) is 6.92 Å². The van der Waals surface area contributed by atoms with Crippen LogP contribution in [0.3, 0.4) is 0 Å². The van der Waals surface area contributed by atoms with Crippen LogP contribution in [-0.4, -0.2) is 26.0 Å². The minimum atomic E-state index is -3.67. The smallest absolute Gasteiger partial charge is 0.299 e. The number of nitrogens with zero attached hydrogens (tertiary/aromatic N) is 1. The minimum absolute atomic E-state index is 0.189. The first kappa shape index (κ1) is 14.7. The van der Waals surface area contributed by atoms with E-state index in [9.17, 15) is 8.42 Å². The van der Waals surface area contributed by atoms with Gasteiger partial charge in [-0.05, 0) is 18.2 Å². The zero-order valence-corrected chi connectivity index (χ0v) is 11.9. The lowest BCUT2D eigenvalue weighted by Crippen LogP contribution is -2.30. The molecule has 0 heterocycles. The van der Waals surface area contributed by atoms with E-state index in [2.05, 4.69) is 30.5 Å². The lowest BCUT2D eigenvalue weighted by molar-refractivity contribution is 0.318. The summed E-state index contributed by atoms with van der Waals surface area (Å²) in [6.45, 7) is 1.91. The van der Waals surface area contributed by atoms with Gasteiger partial charge in [0.05, 0.1) is 5.69 Å². The molecule has 0 aliphatic rings. The first-order valence-corrected chi connectivity index (χ1v) is 7.22. The van der Waals surface area contributed by atoms with E-state index in [0.717, 1.165) is 0 Å². The highest BCUT2D eigenvalue weighted by molar-refractivity contribution is 9.10. The van der Waals surface area contributed by atoms with E-state index in [-0.39, 0.29) is 23.6 Å². The Morgan fingerprint density at radius 3 is 2.78 bits per heavy atom. The molecule has 0 radical (unpaired) electrons. The van der Waals surface area contributed by atoms with Crippen LogP contribution in [0.1, 0.15) is 12.5 Å². The molecular formula is C9H13BrN4O3S. The average molecular weight is 337 g/mol. The Bertz CT molecular complexity index is 559. The van der Waals surface area contributed by atoms with Gasteiger partial charge in [0.2, 0.25) is 0 Å². The number of benzene rings is 1. The molecule has 0 amide bonds. The van der Waals surface area contributed by atoms with Gasteiger partial charge in [-0.1, -0.05) is 28.0 Å². The second kappa shape index (κ2) is 6.03. The molecular weight excluding hydrogens is 324 g/mol. The second-order valence-corrected chi connectivity index (χ2v) is 5.69. The van der Waals surface area contributed by atoms with Crippen LogP contribution in [0, 0.1) is 0 Å². The lowest BCUT2D eigenvalue weighted by Gasteiger charge is -2.12. The van der Waals surface area contributed by atoms with Crippen molar-refractivity contribution in [3.8, 4) is 0 Å². The number of hydrogen-bond acceptors (Lipinski definition) is 4. The molecule has 0 fully saturated rings. The Labute approximate surface area is 113 Å². The number of amidine groups is 1. The van der Waals surface area contributed by atoms with E-state index in [1.54, 1.807) is 19.1 Å². The van der Waals surface area contributed by atoms with Gasteiger partial charge in [-0.2, -0.15) is 13.1 Å². The van der Waals surface area contributed by atoms with Gasteiger partial charge in [-0.25, -0.2) is 0 Å². The number of halogens is 1. The predicted molar refractivity (Wildman–Crippen MR) is 72.9 cm³/mol. The monoisotopic (exact) mass is 336 g/mol. The van der Waals surface area contributed by atoms with Gasteiger partial charge in [0.15, 0.2) is 5.84 Å². The Hall–Kier alpha value is -1.32. The number of anilines is 1. The van der Waals surface area contributed by atoms with Crippen molar-refractivity contribution in [1.29, 1.82) is 0 Å². The maximum atomic E-state index is 11.6. The van der Waals surface area contributed by atoms with Gasteiger partial charge < -0.3 is 10.9 Å². The molecule has 0 aliphatic heterocycles. The maximum absolute atomic E-state index is 11.6. The standard InChI is InChI=1S/C9H13BrN4O3S/c1-2-12-18(16,17)14-8-4-3-6(10)5-7(8)9(11)13-15/h3-5,12,14-15H,2H2,1H3,(H2,11,13). The highest BCUT2D eigenvalue weighted by Gasteiger charge is 2.14. The van der Waals surface area contributed by atoms with E-state index in [4.69, 9.17) is 10.9 Å². The van der Waals surface area contributed by atoms with E-state index in [1.165, 1.54) is 6.07 Å². The van der Waals surface area contributed by atoms with Crippen LogP contribution in [-0.2, 0) is 10.2 Å². The molecule has 100 valence electrons. The molecule has 0 bridgehead atoms. The molecule has 9 heteroatoms. The summed E-state index contributed by atoms with van der Waals surface area (Å²) in [7, 11) is -3.67. The Morgan fingerprint density at radius 2 is 2.22 bits per heavy atom. The first-order valence-electron chi connectivity index (χ1n) is 4.94.